The molecule has 0 unspecified atom stereocenters. The van der Waals surface area contributed by atoms with Crippen LogP contribution in [0.4, 0.5) is 0 Å². The summed E-state index contributed by atoms with van der Waals surface area (Å²) >= 11 is 0. The molecule has 6 heteroatoms. The van der Waals surface area contributed by atoms with Gasteiger partial charge in [-0.3, -0.25) is 9.59 Å². The smallest absolute Gasteiger partial charge is 0.252 e. The molecule has 6 N–H and O–H groups in total. The fourth-order valence-electron chi connectivity index (χ4n) is 0.949. The van der Waals surface area contributed by atoms with Crippen LogP contribution in [-0.2, 0) is 0 Å². The molecule has 0 radical (unpaired) electrons. The Morgan fingerprint density at radius 3 is 2.07 bits per heavy atom. The predicted octanol–water partition coefficient (Wildman–Crippen LogP) is -0.704. The number of rotatable bonds is 2. The molecule has 14 heavy (non-hydrogen) atoms. The number of hydrogen-bond donors (Lipinski definition) is 4. The van der Waals surface area contributed by atoms with E-state index in [1.54, 1.807) is 0 Å². The molecule has 1 rings (SSSR count). The zero-order valence-corrected chi connectivity index (χ0v) is 7.02. The van der Waals surface area contributed by atoms with Gasteiger partial charge in [0.15, 0.2) is 11.5 Å². The molecule has 0 aromatic heterocycles. The van der Waals surface area contributed by atoms with Crippen molar-refractivity contribution in [2.45, 2.75) is 0 Å². The summed E-state index contributed by atoms with van der Waals surface area (Å²) in [5.74, 6) is -3.07. The third kappa shape index (κ3) is 1.58. The largest absolute Gasteiger partial charge is 0.504 e. The number of phenols is 2. The van der Waals surface area contributed by atoms with Crippen LogP contribution in [0.1, 0.15) is 20.7 Å². The van der Waals surface area contributed by atoms with Gasteiger partial charge in [-0.05, 0) is 12.1 Å². The van der Waals surface area contributed by atoms with E-state index >= 15 is 0 Å². The van der Waals surface area contributed by atoms with Gasteiger partial charge in [-0.15, -0.1) is 0 Å². The Labute approximate surface area is 78.8 Å². The molecule has 6 nitrogen and oxygen atoms in total. The number of nitrogens with two attached hydrogens (primary N) is 2. The summed E-state index contributed by atoms with van der Waals surface area (Å²) in [7, 11) is 0. The molecule has 74 valence electrons. The Kier molecular flexibility index (Phi) is 2.29. The first kappa shape index (κ1) is 9.85. The number of aromatic hydroxyl groups is 2. The van der Waals surface area contributed by atoms with Crippen molar-refractivity contribution in [3.05, 3.63) is 23.3 Å². The molecular weight excluding hydrogens is 188 g/mol. The van der Waals surface area contributed by atoms with Gasteiger partial charge >= 0.3 is 0 Å². The molecule has 0 saturated heterocycles. The Morgan fingerprint density at radius 2 is 1.64 bits per heavy atom. The topological polar surface area (TPSA) is 127 Å². The van der Waals surface area contributed by atoms with Gasteiger partial charge in [0.2, 0.25) is 5.91 Å². The van der Waals surface area contributed by atoms with Crippen LogP contribution in [0.25, 0.3) is 0 Å². The maximum atomic E-state index is 10.7. The number of carbonyl (C=O) groups excluding carboxylic acids is 2. The van der Waals surface area contributed by atoms with Gasteiger partial charge in [0.1, 0.15) is 0 Å². The highest BCUT2D eigenvalue weighted by molar-refractivity contribution is 6.01. The van der Waals surface area contributed by atoms with E-state index in [1.807, 2.05) is 0 Å². The van der Waals surface area contributed by atoms with Crippen molar-refractivity contribution in [2.24, 2.45) is 11.5 Å². The van der Waals surface area contributed by atoms with Crippen LogP contribution in [0.2, 0.25) is 0 Å². The molecule has 0 aliphatic rings. The van der Waals surface area contributed by atoms with Crippen molar-refractivity contribution in [3.8, 4) is 11.5 Å². The average Bonchev–Trinajstić information content (AvgIpc) is 2.08. The third-order valence-electron chi connectivity index (χ3n) is 1.64. The fraction of sp³-hybridized carbons (Fsp3) is 0. The van der Waals surface area contributed by atoms with Crippen LogP contribution >= 0.6 is 0 Å². The van der Waals surface area contributed by atoms with E-state index in [4.69, 9.17) is 16.6 Å². The molecule has 0 atom stereocenters. The lowest BCUT2D eigenvalue weighted by molar-refractivity contribution is 0.0997. The summed E-state index contributed by atoms with van der Waals surface area (Å²) in [5.41, 5.74) is 9.36. The summed E-state index contributed by atoms with van der Waals surface area (Å²) in [4.78, 5) is 21.5. The van der Waals surface area contributed by atoms with E-state index < -0.39 is 23.3 Å². The second-order valence-corrected chi connectivity index (χ2v) is 2.62. The number of carbonyl (C=O) groups is 2. The lowest BCUT2D eigenvalue weighted by atomic mass is 10.1. The van der Waals surface area contributed by atoms with Gasteiger partial charge in [0, 0.05) is 5.56 Å². The second-order valence-electron chi connectivity index (χ2n) is 2.62. The summed E-state index contributed by atoms with van der Waals surface area (Å²) < 4.78 is 0. The molecule has 0 aliphatic heterocycles. The number of amides is 2. The van der Waals surface area contributed by atoms with E-state index in [0.717, 1.165) is 12.1 Å². The van der Waals surface area contributed by atoms with Crippen molar-refractivity contribution in [1.82, 2.24) is 0 Å². The van der Waals surface area contributed by atoms with E-state index in [0.29, 0.717) is 0 Å². The van der Waals surface area contributed by atoms with E-state index in [1.165, 1.54) is 0 Å². The molecule has 1 aromatic rings. The summed E-state index contributed by atoms with van der Waals surface area (Å²) in [5, 5.41) is 18.3. The average molecular weight is 196 g/mol. The molecule has 0 heterocycles. The molecule has 0 fully saturated rings. The number of benzene rings is 1. The first-order valence-electron chi connectivity index (χ1n) is 3.59. The summed E-state index contributed by atoms with van der Waals surface area (Å²) in [6, 6.07) is 1.96. The first-order chi connectivity index (χ1) is 6.43. The lowest BCUT2D eigenvalue weighted by Gasteiger charge is -2.04. The van der Waals surface area contributed by atoms with Gasteiger partial charge in [-0.25, -0.2) is 0 Å². The molecule has 0 aliphatic carbocycles. The van der Waals surface area contributed by atoms with Crippen molar-refractivity contribution in [2.75, 3.05) is 0 Å². The zero-order chi connectivity index (χ0) is 10.9. The van der Waals surface area contributed by atoms with Gasteiger partial charge < -0.3 is 21.7 Å². The number of hydrogen-bond acceptors (Lipinski definition) is 4. The van der Waals surface area contributed by atoms with Crippen LogP contribution in [0.3, 0.4) is 0 Å². The number of phenolic OH excluding ortho intramolecular Hbond substituents is 1. The summed E-state index contributed by atoms with van der Waals surface area (Å²) in [6.07, 6.45) is 0. The van der Waals surface area contributed by atoms with E-state index in [-0.39, 0.29) is 11.1 Å². The molecule has 0 spiro atoms. The van der Waals surface area contributed by atoms with E-state index in [9.17, 15) is 14.7 Å². The Hall–Kier alpha value is -2.24. The fourth-order valence-corrected chi connectivity index (χ4v) is 0.949. The minimum absolute atomic E-state index is 0.103. The molecule has 0 saturated carbocycles. The maximum Gasteiger partial charge on any atom is 0.252 e. The molecular formula is C8H8N2O4. The van der Waals surface area contributed by atoms with Crippen LogP contribution in [-0.4, -0.2) is 22.0 Å². The lowest BCUT2D eigenvalue weighted by Crippen LogP contribution is -2.15. The monoisotopic (exact) mass is 196 g/mol. The van der Waals surface area contributed by atoms with Crippen molar-refractivity contribution >= 4 is 11.8 Å². The molecule has 0 bridgehead atoms. The minimum atomic E-state index is -0.957. The van der Waals surface area contributed by atoms with Gasteiger partial charge in [-0.2, -0.15) is 0 Å². The Balaban J connectivity index is 3.43. The predicted molar refractivity (Wildman–Crippen MR) is 46.8 cm³/mol. The van der Waals surface area contributed by atoms with Crippen LogP contribution in [0.15, 0.2) is 12.1 Å². The van der Waals surface area contributed by atoms with Crippen molar-refractivity contribution in [1.29, 1.82) is 0 Å². The van der Waals surface area contributed by atoms with Crippen LogP contribution in [0.5, 0.6) is 11.5 Å². The van der Waals surface area contributed by atoms with Gasteiger partial charge in [0.05, 0.1) is 5.56 Å². The Bertz CT molecular complexity index is 414. The second kappa shape index (κ2) is 3.25. The zero-order valence-electron chi connectivity index (χ0n) is 7.02. The molecule has 2 amide bonds. The highest BCUT2D eigenvalue weighted by Crippen LogP contribution is 2.29. The minimum Gasteiger partial charge on any atom is -0.504 e. The number of primary amides is 2. The van der Waals surface area contributed by atoms with E-state index in [2.05, 4.69) is 0 Å². The highest BCUT2D eigenvalue weighted by Gasteiger charge is 2.15. The highest BCUT2D eigenvalue weighted by atomic mass is 16.3. The van der Waals surface area contributed by atoms with Crippen LogP contribution in [0, 0.1) is 0 Å². The van der Waals surface area contributed by atoms with Gasteiger partial charge in [-0.1, -0.05) is 0 Å². The Morgan fingerprint density at radius 1 is 1.07 bits per heavy atom. The maximum absolute atomic E-state index is 10.7. The van der Waals surface area contributed by atoms with Crippen LogP contribution < -0.4 is 11.5 Å². The molecule has 1 aromatic carbocycles. The quantitative estimate of drug-likeness (QED) is 0.466. The van der Waals surface area contributed by atoms with Crippen molar-refractivity contribution in [3.63, 3.8) is 0 Å². The first-order valence-corrected chi connectivity index (χ1v) is 3.59. The SMILES string of the molecule is NC(=O)c1cc(O)c(O)c(C(N)=O)c1. The standard InChI is InChI=1S/C8H8N2O4/c9-7(13)3-1-4(8(10)14)6(12)5(11)2-3/h1-2,11-12H,(H2,9,13)(H2,10,14). The normalized spacial score (nSPS) is 9.71. The van der Waals surface area contributed by atoms with Crippen molar-refractivity contribution < 1.29 is 19.8 Å². The third-order valence-corrected chi connectivity index (χ3v) is 1.64. The van der Waals surface area contributed by atoms with Gasteiger partial charge in [0.25, 0.3) is 5.91 Å². The summed E-state index contributed by atoms with van der Waals surface area (Å²) in [6.45, 7) is 0.